The molecule has 0 fully saturated rings. The molecule has 1 heterocycles. The molecule has 1 aliphatic heterocycles. The van der Waals surface area contributed by atoms with E-state index >= 15 is 0 Å². The van der Waals surface area contributed by atoms with E-state index in [2.05, 4.69) is 22.5 Å². The van der Waals surface area contributed by atoms with Gasteiger partial charge in [-0.1, -0.05) is 75.2 Å². The van der Waals surface area contributed by atoms with Gasteiger partial charge in [-0.15, -0.1) is 11.8 Å². The van der Waals surface area contributed by atoms with E-state index in [0.717, 1.165) is 31.9 Å². The van der Waals surface area contributed by atoms with Crippen LogP contribution in [0.25, 0.3) is 0 Å². The van der Waals surface area contributed by atoms with Crippen LogP contribution in [-0.4, -0.2) is 67.3 Å². The maximum Gasteiger partial charge on any atom is 0.377 e. The number of carbonyl (C=O) groups is 2. The number of unbranched alkanes of at least 4 members (excludes halogenated alkanes) is 1. The molecule has 278 valence electrons. The van der Waals surface area contributed by atoms with Gasteiger partial charge < -0.3 is 34.8 Å². The molecule has 0 bridgehead atoms. The van der Waals surface area contributed by atoms with Gasteiger partial charge in [0.2, 0.25) is 11.4 Å². The zero-order chi connectivity index (χ0) is 37.5. The Labute approximate surface area is 304 Å². The second kappa shape index (κ2) is 17.0. The van der Waals surface area contributed by atoms with Crippen molar-refractivity contribution in [2.75, 3.05) is 36.7 Å². The average molecular weight is 762 g/mol. The van der Waals surface area contributed by atoms with Crippen molar-refractivity contribution < 1.29 is 41.8 Å². The summed E-state index contributed by atoms with van der Waals surface area (Å²) < 4.78 is 51.9. The number of amides is 2. The number of nitrogens with one attached hydrogen (secondary N) is 2. The van der Waals surface area contributed by atoms with Crippen LogP contribution in [0.4, 0.5) is 11.4 Å². The Hall–Kier alpha value is -3.39. The van der Waals surface area contributed by atoms with Crippen LogP contribution in [0.2, 0.25) is 0 Å². The summed E-state index contributed by atoms with van der Waals surface area (Å²) in [5.74, 6) is -1.49. The summed E-state index contributed by atoms with van der Waals surface area (Å²) in [5, 5.41) is 4.86. The lowest BCUT2D eigenvalue weighted by Gasteiger charge is -2.36. The second-order valence-corrected chi connectivity index (χ2v) is 17.5. The molecule has 2 amide bonds. The zero-order valence-electron chi connectivity index (χ0n) is 29.6. The van der Waals surface area contributed by atoms with Crippen LogP contribution in [0.5, 0.6) is 5.75 Å². The molecule has 0 radical (unpaired) electrons. The zero-order valence-corrected chi connectivity index (χ0v) is 32.2. The molecule has 3 atom stereocenters. The van der Waals surface area contributed by atoms with Crippen LogP contribution in [0.1, 0.15) is 65.0 Å². The first-order valence-electron chi connectivity index (χ1n) is 16.9. The summed E-state index contributed by atoms with van der Waals surface area (Å²) in [5.41, 5.74) is -1.08. The standard InChI is InChI=1S/C36H48N3O9PS2/c1-6-9-20-36(7-2)24-39(27-18-14-11-15-19-27)28-21-30(50-5)29(22-31(28)51(45,46)25-36)47-23-32(40)37-33(26-16-12-10-13-17-26)34(41)38-35(4,48-8-3)49(42,43)44/h10-19,21-22,33H,6-9,20,23-25H2,1-5H3,(H,37,40)(H,38,41)(H2,42,43,44). The van der Waals surface area contributed by atoms with Gasteiger partial charge in [-0.2, -0.15) is 0 Å². The van der Waals surface area contributed by atoms with Crippen molar-refractivity contribution in [3.8, 4) is 5.75 Å². The predicted molar refractivity (Wildman–Crippen MR) is 199 cm³/mol. The Morgan fingerprint density at radius 3 is 2.27 bits per heavy atom. The first-order chi connectivity index (χ1) is 24.1. The molecule has 12 nitrogen and oxygen atoms in total. The van der Waals surface area contributed by atoms with Crippen LogP contribution in [0.15, 0.2) is 82.6 Å². The first-order valence-corrected chi connectivity index (χ1v) is 21.4. The summed E-state index contributed by atoms with van der Waals surface area (Å²) >= 11 is 1.34. The number of rotatable bonds is 16. The molecule has 3 aromatic rings. The van der Waals surface area contributed by atoms with E-state index in [4.69, 9.17) is 9.47 Å². The SMILES string of the molecule is CCCCC1(CC)CN(c2ccccc2)c2cc(SC)c(OCC(=O)NC(C(=O)NC(C)(OCC)P(=O)(O)O)c3ccccc3)cc2S(=O)(=O)C1. The Kier molecular flexibility index (Phi) is 13.4. The van der Waals surface area contributed by atoms with Crippen molar-refractivity contribution >= 4 is 52.4 Å². The van der Waals surface area contributed by atoms with E-state index in [1.54, 1.807) is 36.4 Å². The lowest BCUT2D eigenvalue weighted by Crippen LogP contribution is -2.52. The third-order valence-electron chi connectivity index (χ3n) is 9.13. The number of hydrogen-bond donors (Lipinski definition) is 4. The minimum atomic E-state index is -5.00. The fourth-order valence-corrected chi connectivity index (χ4v) is 9.49. The largest absolute Gasteiger partial charge is 0.483 e. The van der Waals surface area contributed by atoms with Crippen molar-refractivity contribution in [1.82, 2.24) is 10.6 Å². The van der Waals surface area contributed by atoms with Gasteiger partial charge in [0.25, 0.3) is 5.91 Å². The Balaban J connectivity index is 1.67. The first kappa shape index (κ1) is 40.4. The molecule has 4 rings (SSSR count). The lowest BCUT2D eigenvalue weighted by molar-refractivity contribution is -0.134. The van der Waals surface area contributed by atoms with Crippen LogP contribution in [-0.2, 0) is 28.7 Å². The molecule has 4 N–H and O–H groups in total. The number of benzene rings is 3. The molecule has 0 aliphatic carbocycles. The normalized spacial score (nSPS) is 18.8. The van der Waals surface area contributed by atoms with E-state index in [9.17, 15) is 32.4 Å². The number of sulfone groups is 1. The quantitative estimate of drug-likeness (QED) is 0.0749. The molecule has 3 aromatic carbocycles. The summed E-state index contributed by atoms with van der Waals surface area (Å²) in [6.45, 7) is 6.55. The van der Waals surface area contributed by atoms with Gasteiger partial charge in [-0.3, -0.25) is 14.2 Å². The van der Waals surface area contributed by atoms with Crippen molar-refractivity contribution in [3.05, 3.63) is 78.4 Å². The molecule has 1 aliphatic rings. The molecule has 0 spiro atoms. The average Bonchev–Trinajstić information content (AvgIpc) is 3.20. The highest BCUT2D eigenvalue weighted by Gasteiger charge is 2.46. The number of carbonyl (C=O) groups excluding carboxylic acids is 2. The monoisotopic (exact) mass is 761 g/mol. The van der Waals surface area contributed by atoms with Crippen LogP contribution in [0, 0.1) is 5.41 Å². The van der Waals surface area contributed by atoms with Gasteiger partial charge in [-0.05, 0) is 56.7 Å². The van der Waals surface area contributed by atoms with E-state index in [1.165, 1.54) is 24.8 Å². The fourth-order valence-electron chi connectivity index (χ4n) is 6.21. The fraction of sp³-hybridized carbons (Fsp3) is 0.444. The highest BCUT2D eigenvalue weighted by Crippen LogP contribution is 2.50. The molecule has 51 heavy (non-hydrogen) atoms. The lowest BCUT2D eigenvalue weighted by atomic mass is 9.81. The van der Waals surface area contributed by atoms with Gasteiger partial charge >= 0.3 is 7.60 Å². The van der Waals surface area contributed by atoms with E-state index in [1.807, 2.05) is 43.5 Å². The van der Waals surface area contributed by atoms with Gasteiger partial charge in [0.05, 0.1) is 21.2 Å². The Morgan fingerprint density at radius 1 is 1.06 bits per heavy atom. The molecular weight excluding hydrogens is 714 g/mol. The van der Waals surface area contributed by atoms with Crippen molar-refractivity contribution in [2.24, 2.45) is 5.41 Å². The van der Waals surface area contributed by atoms with E-state index in [-0.39, 0.29) is 23.0 Å². The van der Waals surface area contributed by atoms with Crippen LogP contribution >= 0.6 is 19.4 Å². The predicted octanol–water partition coefficient (Wildman–Crippen LogP) is 6.16. The summed E-state index contributed by atoms with van der Waals surface area (Å²) in [4.78, 5) is 49.5. The van der Waals surface area contributed by atoms with Crippen LogP contribution in [0.3, 0.4) is 0 Å². The van der Waals surface area contributed by atoms with Gasteiger partial charge in [-0.25, -0.2) is 8.42 Å². The number of para-hydroxylation sites is 1. The van der Waals surface area contributed by atoms with Gasteiger partial charge in [0.1, 0.15) is 11.8 Å². The molecular formula is C36H48N3O9PS2. The summed E-state index contributed by atoms with van der Waals surface area (Å²) in [6, 6.07) is 19.8. The second-order valence-electron chi connectivity index (χ2n) is 12.8. The maximum atomic E-state index is 14.2. The maximum absolute atomic E-state index is 14.2. The van der Waals surface area contributed by atoms with E-state index < -0.39 is 52.8 Å². The van der Waals surface area contributed by atoms with Crippen molar-refractivity contribution in [3.63, 3.8) is 0 Å². The van der Waals surface area contributed by atoms with E-state index in [0.29, 0.717) is 29.1 Å². The molecule has 0 aromatic heterocycles. The molecule has 0 saturated carbocycles. The highest BCUT2D eigenvalue weighted by atomic mass is 32.2. The third kappa shape index (κ3) is 9.54. The minimum absolute atomic E-state index is 0.0332. The molecule has 15 heteroatoms. The number of fused-ring (bicyclic) bond motifs is 1. The van der Waals surface area contributed by atoms with Gasteiger partial charge in [0, 0.05) is 30.3 Å². The van der Waals surface area contributed by atoms with Crippen molar-refractivity contribution in [2.45, 2.75) is 74.7 Å². The number of nitrogens with zero attached hydrogens (tertiary/aromatic N) is 1. The molecule has 3 unspecified atom stereocenters. The smallest absolute Gasteiger partial charge is 0.377 e. The molecule has 0 saturated heterocycles. The topological polar surface area (TPSA) is 172 Å². The summed E-state index contributed by atoms with van der Waals surface area (Å²) in [7, 11) is -8.81. The van der Waals surface area contributed by atoms with Crippen LogP contribution < -0.4 is 20.3 Å². The number of hydrogen-bond acceptors (Lipinski definition) is 9. The number of thioether (sulfide) groups is 1. The minimum Gasteiger partial charge on any atom is -0.483 e. The third-order valence-corrected chi connectivity index (χ3v) is 13.2. The van der Waals surface area contributed by atoms with Gasteiger partial charge in [0.15, 0.2) is 16.4 Å². The summed E-state index contributed by atoms with van der Waals surface area (Å²) in [6.07, 6.45) is 5.10. The number of ether oxygens (including phenoxy) is 2. The Morgan fingerprint density at radius 2 is 1.71 bits per heavy atom. The Bertz CT molecular complexity index is 1830. The van der Waals surface area contributed by atoms with Crippen molar-refractivity contribution in [1.29, 1.82) is 0 Å². The highest BCUT2D eigenvalue weighted by molar-refractivity contribution is 7.98. The number of anilines is 2.